The molecule has 2 heterocycles. The van der Waals surface area contributed by atoms with Crippen LogP contribution in [0.25, 0.3) is 11.5 Å². The van der Waals surface area contributed by atoms with Crippen LogP contribution in [0, 0.1) is 0 Å². The first-order valence-corrected chi connectivity index (χ1v) is 5.64. The third-order valence-corrected chi connectivity index (χ3v) is 2.61. The van der Waals surface area contributed by atoms with E-state index in [0.29, 0.717) is 5.69 Å². The highest BCUT2D eigenvalue weighted by molar-refractivity contribution is 5.50. The Labute approximate surface area is 108 Å². The fraction of sp³-hybridized carbons (Fsp3) is 0.417. The minimum Gasteiger partial charge on any atom is -0.255 e. The number of nitrogens with one attached hydrogen (secondary N) is 1. The summed E-state index contributed by atoms with van der Waals surface area (Å²) in [6, 6.07) is 3.52. The number of pyridine rings is 1. The molecule has 0 bridgehead atoms. The molecule has 0 radical (unpaired) electrons. The van der Waals surface area contributed by atoms with E-state index in [1.54, 1.807) is 12.3 Å². The Morgan fingerprint density at radius 3 is 2.37 bits per heavy atom. The lowest BCUT2D eigenvalue weighted by Gasteiger charge is -2.18. The van der Waals surface area contributed by atoms with Gasteiger partial charge in [0.15, 0.2) is 5.82 Å². The number of halogens is 3. The second kappa shape index (κ2) is 4.32. The summed E-state index contributed by atoms with van der Waals surface area (Å²) in [5.41, 5.74) is 1.15. The summed E-state index contributed by atoms with van der Waals surface area (Å²) in [6.07, 6.45) is -2.99. The largest absolute Gasteiger partial charge is 0.451 e. The third-order valence-electron chi connectivity index (χ3n) is 2.61. The van der Waals surface area contributed by atoms with Crippen molar-refractivity contribution in [1.29, 1.82) is 0 Å². The normalized spacial score (nSPS) is 12.7. The van der Waals surface area contributed by atoms with Gasteiger partial charge in [-0.3, -0.25) is 10.1 Å². The minimum atomic E-state index is -4.53. The fourth-order valence-electron chi connectivity index (χ4n) is 1.52. The lowest BCUT2D eigenvalue weighted by atomic mass is 9.87. The summed E-state index contributed by atoms with van der Waals surface area (Å²) in [6.45, 7) is 6.02. The van der Waals surface area contributed by atoms with Crippen LogP contribution in [-0.2, 0) is 11.6 Å². The van der Waals surface area contributed by atoms with Crippen molar-refractivity contribution in [2.75, 3.05) is 0 Å². The van der Waals surface area contributed by atoms with Crippen molar-refractivity contribution in [2.24, 2.45) is 0 Å². The van der Waals surface area contributed by atoms with E-state index in [0.717, 1.165) is 5.56 Å². The summed E-state index contributed by atoms with van der Waals surface area (Å²) >= 11 is 0. The summed E-state index contributed by atoms with van der Waals surface area (Å²) in [4.78, 5) is 7.43. The summed E-state index contributed by atoms with van der Waals surface area (Å²) in [7, 11) is 0. The van der Waals surface area contributed by atoms with Crippen LogP contribution in [0.15, 0.2) is 18.3 Å². The molecule has 0 atom stereocenters. The zero-order chi connectivity index (χ0) is 14.3. The highest BCUT2D eigenvalue weighted by Gasteiger charge is 2.35. The first-order chi connectivity index (χ1) is 8.68. The molecular formula is C12H13F3N4. The van der Waals surface area contributed by atoms with E-state index < -0.39 is 12.0 Å². The molecule has 0 saturated carbocycles. The van der Waals surface area contributed by atoms with E-state index in [1.807, 2.05) is 31.9 Å². The Morgan fingerprint density at radius 1 is 1.16 bits per heavy atom. The highest BCUT2D eigenvalue weighted by Crippen LogP contribution is 2.28. The van der Waals surface area contributed by atoms with Gasteiger partial charge in [-0.05, 0) is 23.1 Å². The minimum absolute atomic E-state index is 0.0570. The van der Waals surface area contributed by atoms with Gasteiger partial charge in [0.05, 0.1) is 0 Å². The van der Waals surface area contributed by atoms with Crippen molar-refractivity contribution in [3.05, 3.63) is 29.7 Å². The molecule has 0 aliphatic carbocycles. The zero-order valence-corrected chi connectivity index (χ0v) is 10.7. The second-order valence-electron chi connectivity index (χ2n) is 5.19. The Hall–Kier alpha value is -1.92. The molecule has 0 aliphatic heterocycles. The molecule has 0 aromatic carbocycles. The zero-order valence-electron chi connectivity index (χ0n) is 10.7. The van der Waals surface area contributed by atoms with Crippen LogP contribution in [0.5, 0.6) is 0 Å². The standard InChI is InChI=1S/C12H13F3N4/c1-11(2,3)7-4-5-16-8(6-7)9-17-10(19-18-9)12(13,14)15/h4-6H,1-3H3,(H,17,18,19). The van der Waals surface area contributed by atoms with E-state index in [9.17, 15) is 13.2 Å². The van der Waals surface area contributed by atoms with Crippen LogP contribution < -0.4 is 0 Å². The van der Waals surface area contributed by atoms with Gasteiger partial charge in [0.2, 0.25) is 5.82 Å². The maximum Gasteiger partial charge on any atom is 0.451 e. The van der Waals surface area contributed by atoms with Crippen LogP contribution >= 0.6 is 0 Å². The maximum atomic E-state index is 12.4. The highest BCUT2D eigenvalue weighted by atomic mass is 19.4. The first kappa shape index (κ1) is 13.5. The quantitative estimate of drug-likeness (QED) is 0.865. The Kier molecular flexibility index (Phi) is 3.07. The Balaban J connectivity index is 2.40. The van der Waals surface area contributed by atoms with Gasteiger partial charge in [-0.15, -0.1) is 0 Å². The number of hydrogen-bond acceptors (Lipinski definition) is 3. The van der Waals surface area contributed by atoms with Crippen molar-refractivity contribution < 1.29 is 13.2 Å². The van der Waals surface area contributed by atoms with Crippen molar-refractivity contribution in [2.45, 2.75) is 32.4 Å². The van der Waals surface area contributed by atoms with Gasteiger partial charge in [-0.2, -0.15) is 18.3 Å². The SMILES string of the molecule is CC(C)(C)c1ccnc(-c2n[nH]c(C(F)(F)F)n2)c1. The van der Waals surface area contributed by atoms with Gasteiger partial charge in [0.25, 0.3) is 0 Å². The second-order valence-corrected chi connectivity index (χ2v) is 5.19. The van der Waals surface area contributed by atoms with Crippen molar-refractivity contribution >= 4 is 0 Å². The van der Waals surface area contributed by atoms with E-state index in [2.05, 4.69) is 15.1 Å². The number of hydrogen-bond donors (Lipinski definition) is 1. The molecule has 0 amide bonds. The summed E-state index contributed by atoms with van der Waals surface area (Å²) in [5, 5.41) is 5.43. The average Bonchev–Trinajstić information content (AvgIpc) is 2.77. The smallest absolute Gasteiger partial charge is 0.255 e. The lowest BCUT2D eigenvalue weighted by molar-refractivity contribution is -0.144. The van der Waals surface area contributed by atoms with Gasteiger partial charge in [0.1, 0.15) is 5.69 Å². The predicted molar refractivity (Wildman–Crippen MR) is 63.3 cm³/mol. The van der Waals surface area contributed by atoms with Crippen molar-refractivity contribution in [3.63, 3.8) is 0 Å². The van der Waals surface area contributed by atoms with Gasteiger partial charge >= 0.3 is 6.18 Å². The molecule has 0 aliphatic rings. The molecule has 4 nitrogen and oxygen atoms in total. The molecule has 102 valence electrons. The van der Waals surface area contributed by atoms with Crippen LogP contribution in [0.1, 0.15) is 32.2 Å². The molecule has 0 spiro atoms. The number of aromatic amines is 1. The molecule has 2 aromatic heterocycles. The van der Waals surface area contributed by atoms with E-state index in [-0.39, 0.29) is 11.2 Å². The van der Waals surface area contributed by atoms with Gasteiger partial charge in [-0.1, -0.05) is 20.8 Å². The van der Waals surface area contributed by atoms with Crippen LogP contribution in [0.4, 0.5) is 13.2 Å². The van der Waals surface area contributed by atoms with E-state index in [4.69, 9.17) is 0 Å². The molecule has 0 fully saturated rings. The van der Waals surface area contributed by atoms with Crippen LogP contribution in [0.3, 0.4) is 0 Å². The van der Waals surface area contributed by atoms with Crippen LogP contribution in [0.2, 0.25) is 0 Å². The number of alkyl halides is 3. The van der Waals surface area contributed by atoms with Gasteiger partial charge in [-0.25, -0.2) is 4.98 Å². The van der Waals surface area contributed by atoms with Crippen LogP contribution in [-0.4, -0.2) is 20.2 Å². The monoisotopic (exact) mass is 270 g/mol. The van der Waals surface area contributed by atoms with Gasteiger partial charge in [0, 0.05) is 6.20 Å². The third kappa shape index (κ3) is 2.91. The molecule has 2 rings (SSSR count). The number of aromatic nitrogens is 4. The first-order valence-electron chi connectivity index (χ1n) is 5.64. The van der Waals surface area contributed by atoms with Crippen molar-refractivity contribution in [1.82, 2.24) is 20.2 Å². The molecule has 0 unspecified atom stereocenters. The Bertz CT molecular complexity index is 581. The number of H-pyrrole nitrogens is 1. The predicted octanol–water partition coefficient (Wildman–Crippen LogP) is 3.18. The summed E-state index contributed by atoms with van der Waals surface area (Å²) in [5.74, 6) is -1.18. The Morgan fingerprint density at radius 2 is 1.84 bits per heavy atom. The topological polar surface area (TPSA) is 54.5 Å². The van der Waals surface area contributed by atoms with Gasteiger partial charge < -0.3 is 0 Å². The fourth-order valence-corrected chi connectivity index (χ4v) is 1.52. The molecule has 2 aromatic rings. The summed E-state index contributed by atoms with van der Waals surface area (Å²) < 4.78 is 37.3. The lowest BCUT2D eigenvalue weighted by Crippen LogP contribution is -2.11. The van der Waals surface area contributed by atoms with Crippen molar-refractivity contribution in [3.8, 4) is 11.5 Å². The number of rotatable bonds is 1. The average molecular weight is 270 g/mol. The van der Waals surface area contributed by atoms with E-state index >= 15 is 0 Å². The van der Waals surface area contributed by atoms with E-state index in [1.165, 1.54) is 0 Å². The molecular weight excluding hydrogens is 257 g/mol. The molecule has 19 heavy (non-hydrogen) atoms. The number of nitrogens with zero attached hydrogens (tertiary/aromatic N) is 3. The molecule has 7 heteroatoms. The molecule has 1 N–H and O–H groups in total. The molecule has 0 saturated heterocycles. The maximum absolute atomic E-state index is 12.4.